The number of hydrogen-bond donors (Lipinski definition) is 0. The Morgan fingerprint density at radius 3 is 2.00 bits per heavy atom. The van der Waals surface area contributed by atoms with E-state index in [-0.39, 0.29) is 11.1 Å². The first-order valence-corrected chi connectivity index (χ1v) is 7.51. The Bertz CT molecular complexity index is 275. The molecule has 0 heterocycles. The lowest BCUT2D eigenvalue weighted by atomic mass is 10.0. The summed E-state index contributed by atoms with van der Waals surface area (Å²) in [4.78, 5) is 0. The van der Waals surface area contributed by atoms with Crippen LogP contribution >= 0.6 is 11.6 Å². The standard InChI is InChI=1S/C11H23ClO2S/c1-9(8-10(2)12)6-7-15(13,14)11(3,4)5/h9-10H,6-8H2,1-5H3. The molecule has 0 radical (unpaired) electrons. The maximum atomic E-state index is 11.8. The first-order chi connectivity index (χ1) is 6.56. The maximum Gasteiger partial charge on any atom is 0.155 e. The van der Waals surface area contributed by atoms with Crippen LogP contribution in [0.5, 0.6) is 0 Å². The molecule has 0 N–H and O–H groups in total. The van der Waals surface area contributed by atoms with Crippen molar-refractivity contribution < 1.29 is 8.42 Å². The zero-order valence-corrected chi connectivity index (χ0v) is 12.0. The fourth-order valence-corrected chi connectivity index (χ4v) is 2.96. The van der Waals surface area contributed by atoms with E-state index in [1.165, 1.54) is 0 Å². The van der Waals surface area contributed by atoms with Crippen molar-refractivity contribution in [1.29, 1.82) is 0 Å². The van der Waals surface area contributed by atoms with Crippen LogP contribution in [0.25, 0.3) is 0 Å². The van der Waals surface area contributed by atoms with Crippen LogP contribution in [0.15, 0.2) is 0 Å². The lowest BCUT2D eigenvalue weighted by Crippen LogP contribution is -2.31. The van der Waals surface area contributed by atoms with E-state index >= 15 is 0 Å². The molecule has 4 heteroatoms. The molecule has 0 aromatic carbocycles. The highest BCUT2D eigenvalue weighted by atomic mass is 35.5. The predicted octanol–water partition coefficient (Wildman–Crippen LogP) is 3.24. The summed E-state index contributed by atoms with van der Waals surface area (Å²) in [6.07, 6.45) is 1.58. The van der Waals surface area contributed by atoms with Gasteiger partial charge in [0.1, 0.15) is 0 Å². The molecule has 92 valence electrons. The van der Waals surface area contributed by atoms with Crippen LogP contribution in [0.2, 0.25) is 0 Å². The first kappa shape index (κ1) is 15.2. The molecule has 2 nitrogen and oxygen atoms in total. The first-order valence-electron chi connectivity index (χ1n) is 5.42. The number of alkyl halides is 1. The van der Waals surface area contributed by atoms with Crippen molar-refractivity contribution >= 4 is 21.4 Å². The van der Waals surface area contributed by atoms with Crippen molar-refractivity contribution in [1.82, 2.24) is 0 Å². The Morgan fingerprint density at radius 1 is 1.20 bits per heavy atom. The minimum absolute atomic E-state index is 0.123. The van der Waals surface area contributed by atoms with Crippen molar-refractivity contribution in [3.8, 4) is 0 Å². The molecule has 0 saturated carbocycles. The second-order valence-electron chi connectivity index (χ2n) is 5.34. The van der Waals surface area contributed by atoms with Crippen molar-refractivity contribution in [3.63, 3.8) is 0 Å². The van der Waals surface area contributed by atoms with Gasteiger partial charge in [0.2, 0.25) is 0 Å². The molecule has 0 spiro atoms. The van der Waals surface area contributed by atoms with Gasteiger partial charge in [-0.15, -0.1) is 11.6 Å². The van der Waals surface area contributed by atoms with Crippen LogP contribution in [0, 0.1) is 5.92 Å². The van der Waals surface area contributed by atoms with Crippen LogP contribution in [-0.2, 0) is 9.84 Å². The molecule has 0 fully saturated rings. The summed E-state index contributed by atoms with van der Waals surface area (Å²) >= 11 is 5.86. The molecule has 0 aliphatic carbocycles. The monoisotopic (exact) mass is 254 g/mol. The topological polar surface area (TPSA) is 34.1 Å². The van der Waals surface area contributed by atoms with Crippen molar-refractivity contribution in [2.45, 2.75) is 57.6 Å². The average molecular weight is 255 g/mol. The molecule has 0 aromatic heterocycles. The lowest BCUT2D eigenvalue weighted by Gasteiger charge is -2.20. The SMILES string of the molecule is CC(Cl)CC(C)CCS(=O)(=O)C(C)(C)C. The van der Waals surface area contributed by atoms with Gasteiger partial charge in [0.05, 0.1) is 10.5 Å². The summed E-state index contributed by atoms with van der Waals surface area (Å²) in [5.41, 5.74) is 0. The van der Waals surface area contributed by atoms with E-state index < -0.39 is 14.6 Å². The molecular formula is C11H23ClO2S. The van der Waals surface area contributed by atoms with Gasteiger partial charge in [0, 0.05) is 5.38 Å². The van der Waals surface area contributed by atoms with E-state index in [2.05, 4.69) is 6.92 Å². The average Bonchev–Trinajstić information content (AvgIpc) is 1.97. The Hall–Kier alpha value is 0.240. The number of hydrogen-bond acceptors (Lipinski definition) is 2. The highest BCUT2D eigenvalue weighted by Crippen LogP contribution is 2.21. The van der Waals surface area contributed by atoms with Crippen molar-refractivity contribution in [2.75, 3.05) is 5.75 Å². The van der Waals surface area contributed by atoms with Gasteiger partial charge in [-0.3, -0.25) is 0 Å². The predicted molar refractivity (Wildman–Crippen MR) is 67.3 cm³/mol. The molecule has 0 bridgehead atoms. The maximum absolute atomic E-state index is 11.8. The minimum Gasteiger partial charge on any atom is -0.228 e. The molecule has 2 atom stereocenters. The van der Waals surface area contributed by atoms with E-state index in [9.17, 15) is 8.42 Å². The van der Waals surface area contributed by atoms with Gasteiger partial charge in [0.15, 0.2) is 9.84 Å². The fraction of sp³-hybridized carbons (Fsp3) is 1.00. The number of halogens is 1. The smallest absolute Gasteiger partial charge is 0.155 e. The number of sulfone groups is 1. The molecule has 0 aliphatic heterocycles. The zero-order valence-electron chi connectivity index (χ0n) is 10.4. The summed E-state index contributed by atoms with van der Waals surface area (Å²) < 4.78 is 23.0. The van der Waals surface area contributed by atoms with E-state index in [0.717, 1.165) is 6.42 Å². The van der Waals surface area contributed by atoms with Crippen LogP contribution < -0.4 is 0 Å². The Labute approximate surface area is 99.3 Å². The van der Waals surface area contributed by atoms with Gasteiger partial charge in [-0.05, 0) is 46.5 Å². The van der Waals surface area contributed by atoms with Crippen molar-refractivity contribution in [3.05, 3.63) is 0 Å². The fourth-order valence-electron chi connectivity index (χ4n) is 1.33. The van der Waals surface area contributed by atoms with E-state index in [4.69, 9.17) is 11.6 Å². The largest absolute Gasteiger partial charge is 0.228 e. The van der Waals surface area contributed by atoms with Gasteiger partial charge >= 0.3 is 0 Å². The molecule has 0 aliphatic rings. The summed E-state index contributed by atoms with van der Waals surface area (Å²) in [6, 6.07) is 0. The van der Waals surface area contributed by atoms with Gasteiger partial charge in [-0.25, -0.2) is 8.42 Å². The summed E-state index contributed by atoms with van der Waals surface area (Å²) in [5.74, 6) is 0.635. The third-order valence-corrected chi connectivity index (χ3v) is 5.36. The Balaban J connectivity index is 4.17. The highest BCUT2D eigenvalue weighted by molar-refractivity contribution is 7.92. The molecule has 0 saturated heterocycles. The van der Waals surface area contributed by atoms with Crippen LogP contribution in [-0.4, -0.2) is 24.3 Å². The number of rotatable bonds is 5. The third-order valence-electron chi connectivity index (χ3n) is 2.54. The van der Waals surface area contributed by atoms with Gasteiger partial charge in [-0.2, -0.15) is 0 Å². The molecule has 15 heavy (non-hydrogen) atoms. The van der Waals surface area contributed by atoms with Gasteiger partial charge in [-0.1, -0.05) is 6.92 Å². The third kappa shape index (κ3) is 5.76. The second kappa shape index (κ2) is 5.53. The van der Waals surface area contributed by atoms with Crippen LogP contribution in [0.4, 0.5) is 0 Å². The summed E-state index contributed by atoms with van der Waals surface area (Å²) in [6.45, 7) is 9.24. The molecule has 0 rings (SSSR count). The van der Waals surface area contributed by atoms with E-state index in [1.807, 2.05) is 6.92 Å². The second-order valence-corrected chi connectivity index (χ2v) is 8.95. The van der Waals surface area contributed by atoms with Crippen LogP contribution in [0.1, 0.15) is 47.5 Å². The molecule has 2 unspecified atom stereocenters. The Kier molecular flexibility index (Phi) is 5.62. The van der Waals surface area contributed by atoms with Gasteiger partial charge < -0.3 is 0 Å². The summed E-state index contributed by atoms with van der Waals surface area (Å²) in [5, 5.41) is 0.123. The molecule has 0 aromatic rings. The van der Waals surface area contributed by atoms with Crippen LogP contribution in [0.3, 0.4) is 0 Å². The Morgan fingerprint density at radius 2 is 1.67 bits per heavy atom. The highest BCUT2D eigenvalue weighted by Gasteiger charge is 2.28. The molecular weight excluding hydrogens is 232 g/mol. The van der Waals surface area contributed by atoms with Gasteiger partial charge in [0.25, 0.3) is 0 Å². The van der Waals surface area contributed by atoms with E-state index in [1.54, 1.807) is 20.8 Å². The normalized spacial score (nSPS) is 17.5. The zero-order chi connectivity index (χ0) is 12.3. The quantitative estimate of drug-likeness (QED) is 0.706. The lowest BCUT2D eigenvalue weighted by molar-refractivity contribution is 0.499. The van der Waals surface area contributed by atoms with E-state index in [0.29, 0.717) is 12.3 Å². The molecule has 0 amide bonds. The summed E-state index contributed by atoms with van der Waals surface area (Å²) in [7, 11) is -2.97. The minimum atomic E-state index is -2.97. The van der Waals surface area contributed by atoms with Crippen molar-refractivity contribution in [2.24, 2.45) is 5.92 Å².